The molecule has 0 rings (SSSR count). The molecular weight excluding hydrogens is 284 g/mol. The van der Waals surface area contributed by atoms with Crippen LogP contribution in [0.3, 0.4) is 0 Å². The zero-order valence-electron chi connectivity index (χ0n) is 13.3. The number of ether oxygens (including phenoxy) is 3. The highest BCUT2D eigenvalue weighted by Gasteiger charge is 2.01. The molecule has 0 aliphatic carbocycles. The number of amides is 2. The van der Waals surface area contributed by atoms with Crippen molar-refractivity contribution < 1.29 is 28.9 Å². The van der Waals surface area contributed by atoms with Gasteiger partial charge in [0.15, 0.2) is 0 Å². The van der Waals surface area contributed by atoms with Gasteiger partial charge in [-0.05, 0) is 0 Å². The van der Waals surface area contributed by atoms with Crippen molar-refractivity contribution in [3.8, 4) is 0 Å². The van der Waals surface area contributed by atoms with E-state index in [9.17, 15) is 9.59 Å². The summed E-state index contributed by atoms with van der Waals surface area (Å²) in [6.07, 6.45) is -1.07. The topological polar surface area (TPSA) is 158 Å². The van der Waals surface area contributed by atoms with Gasteiger partial charge in [-0.25, -0.2) is 9.59 Å². The average molecular weight is 311 g/mol. The van der Waals surface area contributed by atoms with Crippen LogP contribution in [0, 0.1) is 0 Å². The SMILES string of the molecule is NCCNC(=O)OCCOCCOC(=O)NCCN.[2H]OC. The van der Waals surface area contributed by atoms with Crippen LogP contribution in [-0.2, 0) is 14.2 Å². The maximum atomic E-state index is 10.9. The quantitative estimate of drug-likeness (QED) is 0.289. The molecule has 0 heterocycles. The van der Waals surface area contributed by atoms with Crippen molar-refractivity contribution in [2.45, 2.75) is 0 Å². The molecule has 0 spiro atoms. The number of alkyl carbamates (subject to hydrolysis) is 2. The van der Waals surface area contributed by atoms with Crippen molar-refractivity contribution in [2.24, 2.45) is 11.5 Å². The maximum Gasteiger partial charge on any atom is 0.407 e. The molecule has 10 heteroatoms. The van der Waals surface area contributed by atoms with Gasteiger partial charge in [0.1, 0.15) is 13.2 Å². The normalized spacial score (nSPS) is 9.76. The molecule has 0 atom stereocenters. The van der Waals surface area contributed by atoms with Crippen molar-refractivity contribution in [2.75, 3.05) is 59.7 Å². The maximum absolute atomic E-state index is 10.9. The van der Waals surface area contributed by atoms with Crippen LogP contribution in [0.15, 0.2) is 0 Å². The number of carbonyl (C=O) groups excluding carboxylic acids is 2. The van der Waals surface area contributed by atoms with Crippen LogP contribution in [-0.4, -0.2) is 78.4 Å². The summed E-state index contributed by atoms with van der Waals surface area (Å²) in [5.74, 6) is 0. The summed E-state index contributed by atoms with van der Waals surface area (Å²) in [6, 6.07) is 0. The Hall–Kier alpha value is -1.62. The molecule has 2 amide bonds. The van der Waals surface area contributed by atoms with Gasteiger partial charge in [-0.3, -0.25) is 0 Å². The number of hydrogen-bond donors (Lipinski definition) is 5. The van der Waals surface area contributed by atoms with Crippen molar-refractivity contribution in [3.05, 3.63) is 0 Å². The molecule has 0 radical (unpaired) electrons. The molecule has 0 bridgehead atoms. The van der Waals surface area contributed by atoms with E-state index in [2.05, 4.69) is 15.7 Å². The van der Waals surface area contributed by atoms with E-state index in [0.29, 0.717) is 26.2 Å². The molecule has 0 aliphatic rings. The first-order chi connectivity index (χ1) is 10.6. The van der Waals surface area contributed by atoms with E-state index >= 15 is 0 Å². The molecule has 0 fully saturated rings. The lowest BCUT2D eigenvalue weighted by Crippen LogP contribution is -2.31. The molecule has 0 saturated heterocycles. The standard InChI is InChI=1S/C10H22N4O5.CH4O/c11-1-3-13-9(15)18-7-5-17-6-8-19-10(16)14-4-2-12;1-2/h1-8,11-12H2,(H,13,15)(H,14,16);2H,1H3/i;2D. The highest BCUT2D eigenvalue weighted by molar-refractivity contribution is 5.67. The fourth-order valence-electron chi connectivity index (χ4n) is 0.939. The van der Waals surface area contributed by atoms with Gasteiger partial charge in [0.25, 0.3) is 0 Å². The van der Waals surface area contributed by atoms with Gasteiger partial charge in [-0.1, -0.05) is 0 Å². The fraction of sp³-hybridized carbons (Fsp3) is 0.818. The van der Waals surface area contributed by atoms with Crippen molar-refractivity contribution in [1.82, 2.24) is 10.6 Å². The zero-order chi connectivity index (χ0) is 17.1. The fourth-order valence-corrected chi connectivity index (χ4v) is 0.939. The Morgan fingerprint density at radius 1 is 1.00 bits per heavy atom. The lowest BCUT2D eigenvalue weighted by Gasteiger charge is -2.08. The Kier molecular flexibility index (Phi) is 17.0. The lowest BCUT2D eigenvalue weighted by molar-refractivity contribution is 0.0458. The summed E-state index contributed by atoms with van der Waals surface area (Å²) in [5, 5.41) is 8.38. The van der Waals surface area contributed by atoms with E-state index in [-0.39, 0.29) is 26.4 Å². The third-order valence-electron chi connectivity index (χ3n) is 1.75. The average Bonchev–Trinajstić information content (AvgIpc) is 2.50. The Balaban J connectivity index is 0. The number of aliphatic hydroxyl groups is 1. The van der Waals surface area contributed by atoms with Gasteiger partial charge in [0.05, 0.1) is 13.2 Å². The van der Waals surface area contributed by atoms with E-state index in [1.165, 1.54) is 7.11 Å². The van der Waals surface area contributed by atoms with E-state index in [1.54, 1.807) is 0 Å². The number of aliphatic hydroxyl groups excluding tert-OH is 1. The highest BCUT2D eigenvalue weighted by Crippen LogP contribution is 1.83. The first-order valence-electron chi connectivity index (χ1n) is 6.81. The highest BCUT2D eigenvalue weighted by atomic mass is 16.6. The summed E-state index contributed by atoms with van der Waals surface area (Å²) in [7, 11) is 1.29. The molecule has 0 aromatic carbocycles. The Morgan fingerprint density at radius 2 is 1.38 bits per heavy atom. The van der Waals surface area contributed by atoms with E-state index < -0.39 is 12.2 Å². The Morgan fingerprint density at radius 3 is 1.71 bits per heavy atom. The van der Waals surface area contributed by atoms with Gasteiger partial charge >= 0.3 is 12.2 Å². The van der Waals surface area contributed by atoms with Crippen LogP contribution in [0.5, 0.6) is 0 Å². The van der Waals surface area contributed by atoms with Gasteiger partial charge in [-0.2, -0.15) is 0 Å². The van der Waals surface area contributed by atoms with Crippen LogP contribution in [0.25, 0.3) is 0 Å². The first kappa shape index (κ1) is 19.4. The molecule has 0 saturated carbocycles. The predicted octanol–water partition coefficient (Wildman–Crippen LogP) is -2.02. The van der Waals surface area contributed by atoms with Gasteiger partial charge in [0.2, 0.25) is 1.43 Å². The smallest absolute Gasteiger partial charge is 0.407 e. The minimum atomic E-state index is -0.536. The number of hydrogen-bond acceptors (Lipinski definition) is 8. The Labute approximate surface area is 125 Å². The van der Waals surface area contributed by atoms with E-state index in [0.717, 1.165) is 0 Å². The lowest BCUT2D eigenvalue weighted by atomic mass is 10.6. The second kappa shape index (κ2) is 18.4. The predicted molar refractivity (Wildman–Crippen MR) is 75.8 cm³/mol. The first-order valence-corrected chi connectivity index (χ1v) is 6.40. The number of nitrogens with two attached hydrogens (primary N) is 2. The molecule has 0 aliphatic heterocycles. The van der Waals surface area contributed by atoms with Crippen LogP contribution in [0.4, 0.5) is 9.59 Å². The van der Waals surface area contributed by atoms with Crippen molar-refractivity contribution >= 4 is 12.2 Å². The van der Waals surface area contributed by atoms with Crippen molar-refractivity contribution in [3.63, 3.8) is 0 Å². The third-order valence-corrected chi connectivity index (χ3v) is 1.75. The van der Waals surface area contributed by atoms with Crippen LogP contribution in [0.1, 0.15) is 0 Å². The molecule has 126 valence electrons. The van der Waals surface area contributed by atoms with Crippen molar-refractivity contribution in [1.29, 1.82) is 1.43 Å². The minimum Gasteiger partial charge on any atom is -0.447 e. The van der Waals surface area contributed by atoms with Crippen LogP contribution >= 0.6 is 0 Å². The monoisotopic (exact) mass is 311 g/mol. The minimum absolute atomic E-state index is 0.121. The molecule has 0 aromatic heterocycles. The number of rotatable bonds is 10. The largest absolute Gasteiger partial charge is 0.447 e. The molecule has 0 aromatic rings. The molecule has 0 unspecified atom stereocenters. The molecular formula is C11H26N4O6. The van der Waals surface area contributed by atoms with Gasteiger partial charge in [-0.15, -0.1) is 0 Å². The van der Waals surface area contributed by atoms with Gasteiger partial charge < -0.3 is 41.4 Å². The zero-order valence-corrected chi connectivity index (χ0v) is 12.3. The number of carbonyl (C=O) groups is 2. The summed E-state index contributed by atoms with van der Waals surface area (Å²) in [4.78, 5) is 21.9. The third kappa shape index (κ3) is 18.4. The second-order valence-electron chi connectivity index (χ2n) is 3.32. The summed E-state index contributed by atoms with van der Waals surface area (Å²) in [6.45, 7) is 2.14. The summed E-state index contributed by atoms with van der Waals surface area (Å²) >= 11 is 0. The molecule has 21 heavy (non-hydrogen) atoms. The Bertz CT molecular complexity index is 249. The second-order valence-corrected chi connectivity index (χ2v) is 3.32. The van der Waals surface area contributed by atoms with Crippen LogP contribution in [0.2, 0.25) is 0 Å². The summed E-state index contributed by atoms with van der Waals surface area (Å²) < 4.78 is 20.3. The van der Waals surface area contributed by atoms with Crippen LogP contribution < -0.4 is 22.1 Å². The molecule has 7 N–H and O–H groups in total. The molecule has 10 nitrogen and oxygen atoms in total. The summed E-state index contributed by atoms with van der Waals surface area (Å²) in [5.41, 5.74) is 10.4. The van der Waals surface area contributed by atoms with E-state index in [4.69, 9.17) is 27.1 Å². The van der Waals surface area contributed by atoms with E-state index in [1.807, 2.05) is 0 Å². The van der Waals surface area contributed by atoms with Gasteiger partial charge in [0, 0.05) is 33.3 Å². The number of nitrogens with one attached hydrogen (secondary N) is 2.